The number of nitrogens with one attached hydrogen (secondary N) is 1. The molecule has 1 fully saturated rings. The minimum atomic E-state index is -0.123. The van der Waals surface area contributed by atoms with Crippen LogP contribution < -0.4 is 0 Å². The number of nitrogens with zero attached hydrogens (tertiary/aromatic N) is 3. The first-order chi connectivity index (χ1) is 12.2. The van der Waals surface area contributed by atoms with Gasteiger partial charge in [0, 0.05) is 26.2 Å². The predicted molar refractivity (Wildman–Crippen MR) is 91.0 cm³/mol. The molecule has 25 heavy (non-hydrogen) atoms. The molecule has 4 rings (SSSR count). The fraction of sp³-hybridized carbons (Fsp3) is 0.278. The van der Waals surface area contributed by atoms with E-state index in [4.69, 9.17) is 4.42 Å². The van der Waals surface area contributed by atoms with Crippen LogP contribution in [0.4, 0.5) is 0 Å². The Kier molecular flexibility index (Phi) is 3.97. The molecular formula is C18H18N4O3. The van der Waals surface area contributed by atoms with Crippen molar-refractivity contribution >= 4 is 22.8 Å². The van der Waals surface area contributed by atoms with E-state index < -0.39 is 0 Å². The summed E-state index contributed by atoms with van der Waals surface area (Å²) < 4.78 is 5.15. The fourth-order valence-electron chi connectivity index (χ4n) is 3.09. The van der Waals surface area contributed by atoms with Gasteiger partial charge >= 0.3 is 0 Å². The van der Waals surface area contributed by atoms with E-state index in [1.165, 1.54) is 6.26 Å². The normalized spacial score (nSPS) is 14.9. The highest BCUT2D eigenvalue weighted by molar-refractivity contribution is 5.91. The first kappa shape index (κ1) is 15.4. The molecule has 1 aliphatic heterocycles. The smallest absolute Gasteiger partial charge is 0.289 e. The van der Waals surface area contributed by atoms with Crippen LogP contribution in [-0.4, -0.2) is 57.8 Å². The molecule has 1 saturated heterocycles. The van der Waals surface area contributed by atoms with Gasteiger partial charge in [0.2, 0.25) is 5.91 Å². The second kappa shape index (κ2) is 6.43. The molecule has 0 saturated carbocycles. The molecule has 1 aliphatic rings. The van der Waals surface area contributed by atoms with Gasteiger partial charge in [-0.1, -0.05) is 6.07 Å². The van der Waals surface area contributed by atoms with Crippen molar-refractivity contribution in [1.29, 1.82) is 0 Å². The first-order valence-corrected chi connectivity index (χ1v) is 8.23. The van der Waals surface area contributed by atoms with Crippen molar-refractivity contribution in [2.24, 2.45) is 0 Å². The average molecular weight is 338 g/mol. The molecule has 3 aromatic rings. The third-order valence-corrected chi connectivity index (χ3v) is 4.49. The van der Waals surface area contributed by atoms with Crippen LogP contribution in [0.3, 0.4) is 0 Å². The van der Waals surface area contributed by atoms with Gasteiger partial charge in [0.1, 0.15) is 0 Å². The summed E-state index contributed by atoms with van der Waals surface area (Å²) >= 11 is 0. The third-order valence-electron chi connectivity index (χ3n) is 4.49. The number of carbonyl (C=O) groups excluding carboxylic acids is 2. The number of imidazole rings is 1. The largest absolute Gasteiger partial charge is 0.459 e. The molecule has 0 unspecified atom stereocenters. The summed E-state index contributed by atoms with van der Waals surface area (Å²) in [6.45, 7) is 2.12. The van der Waals surface area contributed by atoms with Gasteiger partial charge < -0.3 is 19.2 Å². The maximum Gasteiger partial charge on any atom is 0.289 e. The van der Waals surface area contributed by atoms with Crippen molar-refractivity contribution in [2.45, 2.75) is 6.42 Å². The molecule has 2 amide bonds. The highest BCUT2D eigenvalue weighted by Crippen LogP contribution is 2.14. The maximum atomic E-state index is 12.5. The number of aromatic nitrogens is 2. The molecule has 7 nitrogen and oxygen atoms in total. The van der Waals surface area contributed by atoms with Crippen LogP contribution in [0.15, 0.2) is 47.3 Å². The van der Waals surface area contributed by atoms with Gasteiger partial charge in [-0.2, -0.15) is 0 Å². The zero-order valence-electron chi connectivity index (χ0n) is 13.6. The lowest BCUT2D eigenvalue weighted by Crippen LogP contribution is -2.50. The van der Waals surface area contributed by atoms with Gasteiger partial charge in [-0.15, -0.1) is 0 Å². The molecule has 0 bridgehead atoms. The SMILES string of the molecule is O=C(Cc1ccc2nc[nH]c2c1)N1CCN(C(=O)c2ccco2)CC1. The van der Waals surface area contributed by atoms with Crippen molar-refractivity contribution in [1.82, 2.24) is 19.8 Å². The Morgan fingerprint density at radius 3 is 2.68 bits per heavy atom. The number of piperazine rings is 1. The van der Waals surface area contributed by atoms with Crippen molar-refractivity contribution < 1.29 is 14.0 Å². The number of fused-ring (bicyclic) bond motifs is 1. The Morgan fingerprint density at radius 2 is 1.92 bits per heavy atom. The van der Waals surface area contributed by atoms with Gasteiger partial charge in [-0.25, -0.2) is 4.98 Å². The Bertz CT molecular complexity index is 892. The number of H-pyrrole nitrogens is 1. The number of benzene rings is 1. The van der Waals surface area contributed by atoms with Gasteiger partial charge in [-0.3, -0.25) is 9.59 Å². The van der Waals surface area contributed by atoms with Crippen molar-refractivity contribution in [3.05, 3.63) is 54.2 Å². The van der Waals surface area contributed by atoms with Gasteiger partial charge in [0.15, 0.2) is 5.76 Å². The summed E-state index contributed by atoms with van der Waals surface area (Å²) in [6, 6.07) is 9.15. The van der Waals surface area contributed by atoms with Crippen LogP contribution in [0.25, 0.3) is 11.0 Å². The fourth-order valence-corrected chi connectivity index (χ4v) is 3.09. The van der Waals surface area contributed by atoms with Crippen molar-refractivity contribution in [3.63, 3.8) is 0 Å². The van der Waals surface area contributed by atoms with Crippen LogP contribution in [0.1, 0.15) is 16.1 Å². The molecule has 1 aromatic carbocycles. The molecule has 2 aromatic heterocycles. The number of hydrogen-bond donors (Lipinski definition) is 1. The van der Waals surface area contributed by atoms with Crippen LogP contribution >= 0.6 is 0 Å². The van der Waals surface area contributed by atoms with Crippen molar-refractivity contribution in [3.8, 4) is 0 Å². The molecule has 128 valence electrons. The van der Waals surface area contributed by atoms with Gasteiger partial charge in [0.25, 0.3) is 5.91 Å². The van der Waals surface area contributed by atoms with Crippen LogP contribution in [-0.2, 0) is 11.2 Å². The quantitative estimate of drug-likeness (QED) is 0.788. The Labute approximate surface area is 144 Å². The van der Waals surface area contributed by atoms with Gasteiger partial charge in [0.05, 0.1) is 30.0 Å². The lowest BCUT2D eigenvalue weighted by atomic mass is 10.1. The molecule has 1 N–H and O–H groups in total. The molecule has 0 spiro atoms. The zero-order valence-corrected chi connectivity index (χ0v) is 13.6. The molecule has 0 atom stereocenters. The van der Waals surface area contributed by atoms with E-state index in [0.29, 0.717) is 38.4 Å². The Hall–Kier alpha value is -3.09. The van der Waals surface area contributed by atoms with E-state index in [2.05, 4.69) is 9.97 Å². The summed E-state index contributed by atoms with van der Waals surface area (Å²) in [7, 11) is 0. The number of furan rings is 1. The topological polar surface area (TPSA) is 82.4 Å². The summed E-state index contributed by atoms with van der Waals surface area (Å²) in [5.74, 6) is 0.290. The number of carbonyl (C=O) groups is 2. The minimum Gasteiger partial charge on any atom is -0.459 e. The first-order valence-electron chi connectivity index (χ1n) is 8.23. The summed E-state index contributed by atoms with van der Waals surface area (Å²) in [5, 5.41) is 0. The average Bonchev–Trinajstić information content (AvgIpc) is 3.32. The Balaban J connectivity index is 1.35. The lowest BCUT2D eigenvalue weighted by Gasteiger charge is -2.34. The van der Waals surface area contributed by atoms with E-state index in [9.17, 15) is 9.59 Å². The maximum absolute atomic E-state index is 12.5. The van der Waals surface area contributed by atoms with Gasteiger partial charge in [-0.05, 0) is 29.8 Å². The molecule has 3 heterocycles. The number of rotatable bonds is 3. The summed E-state index contributed by atoms with van der Waals surface area (Å²) in [4.78, 5) is 35.5. The molecule has 7 heteroatoms. The molecule has 0 radical (unpaired) electrons. The lowest BCUT2D eigenvalue weighted by molar-refractivity contribution is -0.131. The zero-order chi connectivity index (χ0) is 17.2. The van der Waals surface area contributed by atoms with Crippen molar-refractivity contribution in [2.75, 3.05) is 26.2 Å². The van der Waals surface area contributed by atoms with E-state index in [-0.39, 0.29) is 11.8 Å². The van der Waals surface area contributed by atoms with Crippen LogP contribution in [0.5, 0.6) is 0 Å². The predicted octanol–water partition coefficient (Wildman–Crippen LogP) is 1.68. The minimum absolute atomic E-state index is 0.0731. The van der Waals surface area contributed by atoms with E-state index in [0.717, 1.165) is 16.6 Å². The molecular weight excluding hydrogens is 320 g/mol. The van der Waals surface area contributed by atoms with Crippen LogP contribution in [0.2, 0.25) is 0 Å². The summed E-state index contributed by atoms with van der Waals surface area (Å²) in [6.07, 6.45) is 3.48. The Morgan fingerprint density at radius 1 is 1.12 bits per heavy atom. The standard InChI is InChI=1S/C18H18N4O3/c23-17(11-13-3-4-14-15(10-13)20-12-19-14)21-5-7-22(8-6-21)18(24)16-2-1-9-25-16/h1-4,9-10,12H,5-8,11H2,(H,19,20). The number of hydrogen-bond acceptors (Lipinski definition) is 4. The third kappa shape index (κ3) is 3.13. The van der Waals surface area contributed by atoms with E-state index >= 15 is 0 Å². The highest BCUT2D eigenvalue weighted by atomic mass is 16.3. The summed E-state index contributed by atoms with van der Waals surface area (Å²) in [5.41, 5.74) is 2.77. The second-order valence-corrected chi connectivity index (χ2v) is 6.08. The molecule has 0 aliphatic carbocycles. The highest BCUT2D eigenvalue weighted by Gasteiger charge is 2.26. The van der Waals surface area contributed by atoms with E-state index in [1.807, 2.05) is 23.1 Å². The monoisotopic (exact) mass is 338 g/mol. The number of amides is 2. The second-order valence-electron chi connectivity index (χ2n) is 6.08. The van der Waals surface area contributed by atoms with Crippen LogP contribution in [0, 0.1) is 0 Å². The van der Waals surface area contributed by atoms with E-state index in [1.54, 1.807) is 23.4 Å². The number of aromatic amines is 1.